The van der Waals surface area contributed by atoms with Crippen LogP contribution in [-0.2, 0) is 24.9 Å². The van der Waals surface area contributed by atoms with E-state index in [4.69, 9.17) is 5.11 Å². The summed E-state index contributed by atoms with van der Waals surface area (Å²) in [4.78, 5) is 33.9. The van der Waals surface area contributed by atoms with Crippen LogP contribution in [0, 0.1) is 0 Å². The minimum absolute atomic E-state index is 0.110. The summed E-state index contributed by atoms with van der Waals surface area (Å²) in [5.74, 6) is -1.50. The molecule has 116 valence electrons. The van der Waals surface area contributed by atoms with Gasteiger partial charge in [0.1, 0.15) is 17.9 Å². The second kappa shape index (κ2) is 6.20. The molecule has 0 radical (unpaired) electrons. The number of aliphatic carboxylic acids is 1. The van der Waals surface area contributed by atoms with Crippen LogP contribution in [0.3, 0.4) is 0 Å². The summed E-state index contributed by atoms with van der Waals surface area (Å²) in [5, 5.41) is 18.7. The van der Waals surface area contributed by atoms with Crippen molar-refractivity contribution < 1.29 is 19.5 Å². The molecule has 0 atom stereocenters. The van der Waals surface area contributed by atoms with E-state index in [0.29, 0.717) is 17.0 Å². The molecule has 9 heteroatoms. The third kappa shape index (κ3) is 3.57. The van der Waals surface area contributed by atoms with Gasteiger partial charge in [0.15, 0.2) is 5.78 Å². The van der Waals surface area contributed by atoms with Gasteiger partial charge in [-0.25, -0.2) is 4.68 Å². The molecule has 0 aromatic carbocycles. The second-order valence-electron chi connectivity index (χ2n) is 4.76. The highest BCUT2D eigenvalue weighted by Crippen LogP contribution is 2.08. The molecule has 0 saturated heterocycles. The number of rotatable bonds is 6. The summed E-state index contributed by atoms with van der Waals surface area (Å²) in [6.45, 7) is 1.25. The number of amides is 1. The predicted octanol–water partition coefficient (Wildman–Crippen LogP) is -0.166. The number of hydrogen-bond donors (Lipinski definition) is 2. The molecule has 0 saturated carbocycles. The van der Waals surface area contributed by atoms with Gasteiger partial charge in [0.2, 0.25) is 0 Å². The molecule has 2 N–H and O–H groups in total. The molecule has 0 aliphatic rings. The molecule has 0 aliphatic heterocycles. The van der Waals surface area contributed by atoms with E-state index in [1.807, 2.05) is 0 Å². The van der Waals surface area contributed by atoms with Crippen molar-refractivity contribution in [3.63, 3.8) is 0 Å². The fourth-order valence-electron chi connectivity index (χ4n) is 1.88. The maximum absolute atomic E-state index is 12.1. The van der Waals surface area contributed by atoms with Crippen LogP contribution in [0.25, 0.3) is 0 Å². The number of Topliss-reactive ketones (excluding diaryl/α,β-unsaturated/α-hetero) is 1. The Morgan fingerprint density at radius 3 is 2.64 bits per heavy atom. The first kappa shape index (κ1) is 15.4. The summed E-state index contributed by atoms with van der Waals surface area (Å²) in [6.07, 6.45) is 3.03. The number of ketones is 1. The van der Waals surface area contributed by atoms with Crippen molar-refractivity contribution in [1.29, 1.82) is 0 Å². The number of hydrogen-bond acceptors (Lipinski definition) is 5. The molecule has 2 aromatic heterocycles. The van der Waals surface area contributed by atoms with E-state index in [0.717, 1.165) is 0 Å². The van der Waals surface area contributed by atoms with E-state index in [2.05, 4.69) is 15.6 Å². The lowest BCUT2D eigenvalue weighted by atomic mass is 10.2. The van der Waals surface area contributed by atoms with Crippen molar-refractivity contribution in [2.45, 2.75) is 20.0 Å². The van der Waals surface area contributed by atoms with Crippen LogP contribution in [0.5, 0.6) is 0 Å². The summed E-state index contributed by atoms with van der Waals surface area (Å²) in [7, 11) is 1.67. The fourth-order valence-corrected chi connectivity index (χ4v) is 1.88. The molecule has 0 bridgehead atoms. The van der Waals surface area contributed by atoms with Gasteiger partial charge in [-0.15, -0.1) is 5.10 Å². The third-order valence-electron chi connectivity index (χ3n) is 2.96. The maximum atomic E-state index is 12.1. The van der Waals surface area contributed by atoms with Gasteiger partial charge in [-0.2, -0.15) is 0 Å². The predicted molar refractivity (Wildman–Crippen MR) is 74.2 cm³/mol. The van der Waals surface area contributed by atoms with Crippen LogP contribution >= 0.6 is 0 Å². The molecular formula is C13H15N5O4. The standard InChI is InChI=1S/C13H15N5O4/c1-8(19)9-3-11(17(2)5-9)13(22)14-4-10-6-18(16-15-10)7-12(20)21/h3,5-6H,4,7H2,1-2H3,(H,14,22)(H,20,21). The molecule has 0 fully saturated rings. The lowest BCUT2D eigenvalue weighted by Gasteiger charge is -2.03. The molecule has 0 spiro atoms. The van der Waals surface area contributed by atoms with Crippen LogP contribution in [0.1, 0.15) is 33.5 Å². The Labute approximate surface area is 125 Å². The fraction of sp³-hybridized carbons (Fsp3) is 0.308. The van der Waals surface area contributed by atoms with Crippen LogP contribution in [0.2, 0.25) is 0 Å². The van der Waals surface area contributed by atoms with Crippen molar-refractivity contribution >= 4 is 17.7 Å². The van der Waals surface area contributed by atoms with Gasteiger partial charge in [0, 0.05) is 18.8 Å². The Bertz CT molecular complexity index is 731. The topological polar surface area (TPSA) is 119 Å². The number of nitrogens with zero attached hydrogens (tertiary/aromatic N) is 4. The highest BCUT2D eigenvalue weighted by Gasteiger charge is 2.14. The first-order valence-corrected chi connectivity index (χ1v) is 6.43. The third-order valence-corrected chi connectivity index (χ3v) is 2.96. The zero-order valence-corrected chi connectivity index (χ0v) is 12.1. The summed E-state index contributed by atoms with van der Waals surface area (Å²) >= 11 is 0. The van der Waals surface area contributed by atoms with E-state index in [9.17, 15) is 14.4 Å². The summed E-state index contributed by atoms with van der Waals surface area (Å²) in [5.41, 5.74) is 1.25. The van der Waals surface area contributed by atoms with Crippen molar-refractivity contribution in [2.24, 2.45) is 7.05 Å². The minimum atomic E-state index is -1.03. The molecule has 2 aromatic rings. The second-order valence-corrected chi connectivity index (χ2v) is 4.76. The normalized spacial score (nSPS) is 10.5. The number of nitrogens with one attached hydrogen (secondary N) is 1. The molecule has 9 nitrogen and oxygen atoms in total. The lowest BCUT2D eigenvalue weighted by molar-refractivity contribution is -0.137. The monoisotopic (exact) mass is 305 g/mol. The van der Waals surface area contributed by atoms with Gasteiger partial charge in [-0.05, 0) is 13.0 Å². The van der Waals surface area contributed by atoms with E-state index in [1.165, 1.54) is 23.9 Å². The molecular weight excluding hydrogens is 290 g/mol. The summed E-state index contributed by atoms with van der Waals surface area (Å²) in [6, 6.07) is 1.51. The van der Waals surface area contributed by atoms with Gasteiger partial charge in [0.25, 0.3) is 5.91 Å². The van der Waals surface area contributed by atoms with Gasteiger partial charge in [-0.1, -0.05) is 5.21 Å². The Morgan fingerprint density at radius 2 is 2.05 bits per heavy atom. The number of aromatic nitrogens is 4. The number of aryl methyl sites for hydroxylation is 1. The first-order valence-electron chi connectivity index (χ1n) is 6.43. The van der Waals surface area contributed by atoms with Gasteiger partial charge < -0.3 is 15.0 Å². The molecule has 2 rings (SSSR count). The van der Waals surface area contributed by atoms with Crippen LogP contribution < -0.4 is 5.32 Å². The molecule has 0 aliphatic carbocycles. The average molecular weight is 305 g/mol. The Kier molecular flexibility index (Phi) is 4.35. The van der Waals surface area contributed by atoms with Crippen LogP contribution in [0.4, 0.5) is 0 Å². The SMILES string of the molecule is CC(=O)c1cc(C(=O)NCc2cn(CC(=O)O)nn2)n(C)c1. The van der Waals surface area contributed by atoms with Crippen molar-refractivity contribution in [2.75, 3.05) is 0 Å². The average Bonchev–Trinajstić information content (AvgIpc) is 3.02. The highest BCUT2D eigenvalue weighted by atomic mass is 16.4. The first-order chi connectivity index (χ1) is 10.4. The number of carbonyl (C=O) groups is 3. The summed E-state index contributed by atoms with van der Waals surface area (Å²) < 4.78 is 2.73. The van der Waals surface area contributed by atoms with Crippen LogP contribution in [0.15, 0.2) is 18.5 Å². The van der Waals surface area contributed by atoms with Crippen molar-refractivity contribution in [3.8, 4) is 0 Å². The lowest BCUT2D eigenvalue weighted by Crippen LogP contribution is -2.24. The minimum Gasteiger partial charge on any atom is -0.480 e. The smallest absolute Gasteiger partial charge is 0.325 e. The maximum Gasteiger partial charge on any atom is 0.325 e. The Morgan fingerprint density at radius 1 is 1.32 bits per heavy atom. The van der Waals surface area contributed by atoms with Crippen LogP contribution in [-0.4, -0.2) is 42.3 Å². The molecule has 22 heavy (non-hydrogen) atoms. The number of carboxylic acid groups (broad SMARTS) is 1. The quantitative estimate of drug-likeness (QED) is 0.715. The van der Waals surface area contributed by atoms with E-state index < -0.39 is 5.97 Å². The van der Waals surface area contributed by atoms with E-state index in [-0.39, 0.29) is 24.8 Å². The zero-order chi connectivity index (χ0) is 16.3. The van der Waals surface area contributed by atoms with Crippen molar-refractivity contribution in [1.82, 2.24) is 24.9 Å². The van der Waals surface area contributed by atoms with E-state index in [1.54, 1.807) is 17.8 Å². The molecule has 2 heterocycles. The largest absolute Gasteiger partial charge is 0.480 e. The molecule has 1 amide bonds. The molecule has 0 unspecified atom stereocenters. The van der Waals surface area contributed by atoms with Gasteiger partial charge in [-0.3, -0.25) is 14.4 Å². The van der Waals surface area contributed by atoms with Gasteiger partial charge in [0.05, 0.1) is 12.7 Å². The number of carbonyl (C=O) groups excluding carboxylic acids is 2. The van der Waals surface area contributed by atoms with Gasteiger partial charge >= 0.3 is 5.97 Å². The number of carboxylic acids is 1. The van der Waals surface area contributed by atoms with Crippen molar-refractivity contribution in [3.05, 3.63) is 35.4 Å². The Balaban J connectivity index is 1.99. The van der Waals surface area contributed by atoms with E-state index >= 15 is 0 Å². The Hall–Kier alpha value is -2.97. The zero-order valence-electron chi connectivity index (χ0n) is 12.1. The highest BCUT2D eigenvalue weighted by molar-refractivity contribution is 5.99.